The van der Waals surface area contributed by atoms with Crippen LogP contribution < -0.4 is 4.74 Å². The van der Waals surface area contributed by atoms with Gasteiger partial charge in [-0.2, -0.15) is 0 Å². The maximum atomic E-state index is 13.0. The molecule has 0 unspecified atom stereocenters. The first kappa shape index (κ1) is 20.3. The number of likely N-dealkylation sites (tertiary alicyclic amines) is 1. The molecule has 156 valence electrons. The summed E-state index contributed by atoms with van der Waals surface area (Å²) in [5.74, 6) is -0.934. The van der Waals surface area contributed by atoms with Gasteiger partial charge >= 0.3 is 0 Å². The molecule has 1 aliphatic heterocycles. The van der Waals surface area contributed by atoms with Gasteiger partial charge in [0, 0.05) is 24.5 Å². The number of amides is 1. The number of pyridine rings is 1. The second-order valence-electron chi connectivity index (χ2n) is 7.43. The van der Waals surface area contributed by atoms with E-state index in [2.05, 4.69) is 4.98 Å². The Morgan fingerprint density at radius 1 is 1.06 bits per heavy atom. The van der Waals surface area contributed by atoms with Gasteiger partial charge in [0.25, 0.3) is 11.7 Å². The topological polar surface area (TPSA) is 79.7 Å². The first-order valence-corrected chi connectivity index (χ1v) is 9.88. The van der Waals surface area contributed by atoms with Gasteiger partial charge in [0.05, 0.1) is 18.7 Å². The molecule has 1 fully saturated rings. The standard InChI is InChI=1S/C25H22N2O4/c1-16-5-7-18(8-6-16)22-21(23(28)19-9-11-20(31-2)12-10-19)24(29)25(30)27(22)15-17-4-3-13-26-14-17/h3-14,22,28H,15H2,1-2H3/t22-/m0/s1. The molecule has 0 spiro atoms. The van der Waals surface area contributed by atoms with E-state index < -0.39 is 17.7 Å². The van der Waals surface area contributed by atoms with Crippen LogP contribution in [0.15, 0.2) is 78.6 Å². The van der Waals surface area contributed by atoms with E-state index in [1.807, 2.05) is 37.3 Å². The van der Waals surface area contributed by atoms with Crippen LogP contribution in [0, 0.1) is 6.92 Å². The molecule has 1 aromatic heterocycles. The van der Waals surface area contributed by atoms with E-state index in [0.29, 0.717) is 11.3 Å². The Balaban J connectivity index is 1.84. The molecular formula is C25H22N2O4. The van der Waals surface area contributed by atoms with Crippen LogP contribution in [0.3, 0.4) is 0 Å². The van der Waals surface area contributed by atoms with Gasteiger partial charge in [-0.1, -0.05) is 35.9 Å². The number of aromatic nitrogens is 1. The van der Waals surface area contributed by atoms with Gasteiger partial charge in [-0.25, -0.2) is 0 Å². The van der Waals surface area contributed by atoms with Crippen LogP contribution >= 0.6 is 0 Å². The number of hydrogen-bond donors (Lipinski definition) is 1. The summed E-state index contributed by atoms with van der Waals surface area (Å²) in [5.41, 5.74) is 3.12. The summed E-state index contributed by atoms with van der Waals surface area (Å²) in [4.78, 5) is 31.6. The minimum atomic E-state index is -0.706. The number of Topliss-reactive ketones (excluding diaryl/α,β-unsaturated/α-hetero) is 1. The zero-order chi connectivity index (χ0) is 22.0. The second kappa shape index (κ2) is 8.44. The monoisotopic (exact) mass is 414 g/mol. The lowest BCUT2D eigenvalue weighted by Crippen LogP contribution is -2.29. The van der Waals surface area contributed by atoms with Crippen molar-refractivity contribution >= 4 is 17.4 Å². The van der Waals surface area contributed by atoms with Crippen molar-refractivity contribution in [3.8, 4) is 5.75 Å². The number of methoxy groups -OCH3 is 1. The first-order valence-electron chi connectivity index (χ1n) is 9.88. The third kappa shape index (κ3) is 3.92. The number of nitrogens with zero attached hydrogens (tertiary/aromatic N) is 2. The van der Waals surface area contributed by atoms with Crippen molar-refractivity contribution in [3.05, 3.63) is 101 Å². The highest BCUT2D eigenvalue weighted by Gasteiger charge is 2.46. The first-order chi connectivity index (χ1) is 15.0. The Morgan fingerprint density at radius 2 is 1.77 bits per heavy atom. The third-order valence-corrected chi connectivity index (χ3v) is 5.37. The summed E-state index contributed by atoms with van der Waals surface area (Å²) in [5, 5.41) is 11.1. The number of aliphatic hydroxyl groups excluding tert-OH is 1. The predicted molar refractivity (Wildman–Crippen MR) is 116 cm³/mol. The van der Waals surface area contributed by atoms with Gasteiger partial charge in [0.2, 0.25) is 0 Å². The van der Waals surface area contributed by atoms with Crippen molar-refractivity contribution in [2.45, 2.75) is 19.5 Å². The minimum absolute atomic E-state index is 0.0721. The molecule has 4 rings (SSSR count). The lowest BCUT2D eigenvalue weighted by atomic mass is 9.94. The lowest BCUT2D eigenvalue weighted by molar-refractivity contribution is -0.140. The molecule has 0 saturated carbocycles. The average Bonchev–Trinajstić information content (AvgIpc) is 3.05. The highest BCUT2D eigenvalue weighted by molar-refractivity contribution is 6.46. The molecular weight excluding hydrogens is 392 g/mol. The Labute approximate surface area is 180 Å². The zero-order valence-corrected chi connectivity index (χ0v) is 17.3. The third-order valence-electron chi connectivity index (χ3n) is 5.37. The van der Waals surface area contributed by atoms with E-state index in [0.717, 1.165) is 16.7 Å². The van der Waals surface area contributed by atoms with Crippen LogP contribution in [0.1, 0.15) is 28.3 Å². The smallest absolute Gasteiger partial charge is 0.295 e. The number of benzene rings is 2. The summed E-state index contributed by atoms with van der Waals surface area (Å²) < 4.78 is 5.16. The maximum Gasteiger partial charge on any atom is 0.295 e. The Hall–Kier alpha value is -3.93. The summed E-state index contributed by atoms with van der Waals surface area (Å²) in [6.45, 7) is 2.17. The maximum absolute atomic E-state index is 13.0. The van der Waals surface area contributed by atoms with Gasteiger partial charge in [0.15, 0.2) is 0 Å². The molecule has 1 aliphatic rings. The molecule has 2 aromatic carbocycles. The second-order valence-corrected chi connectivity index (χ2v) is 7.43. The molecule has 6 nitrogen and oxygen atoms in total. The fraction of sp³-hybridized carbons (Fsp3) is 0.160. The van der Waals surface area contributed by atoms with E-state index in [4.69, 9.17) is 4.74 Å². The van der Waals surface area contributed by atoms with E-state index in [-0.39, 0.29) is 17.9 Å². The van der Waals surface area contributed by atoms with Crippen molar-refractivity contribution < 1.29 is 19.4 Å². The Bertz CT molecular complexity index is 1140. The molecule has 31 heavy (non-hydrogen) atoms. The highest BCUT2D eigenvalue weighted by Crippen LogP contribution is 2.40. The van der Waals surface area contributed by atoms with Crippen molar-refractivity contribution in [3.63, 3.8) is 0 Å². The number of rotatable bonds is 5. The number of aryl methyl sites for hydroxylation is 1. The summed E-state index contributed by atoms with van der Waals surface area (Å²) in [6, 6.07) is 17.2. The van der Waals surface area contributed by atoms with Crippen molar-refractivity contribution in [1.82, 2.24) is 9.88 Å². The number of hydrogen-bond acceptors (Lipinski definition) is 5. The van der Waals surface area contributed by atoms with Gasteiger partial charge in [0.1, 0.15) is 11.5 Å². The van der Waals surface area contributed by atoms with Crippen LogP contribution in [0.4, 0.5) is 0 Å². The lowest BCUT2D eigenvalue weighted by Gasteiger charge is -2.25. The molecule has 6 heteroatoms. The van der Waals surface area contributed by atoms with Crippen molar-refractivity contribution in [2.75, 3.05) is 7.11 Å². The van der Waals surface area contributed by atoms with E-state index >= 15 is 0 Å². The molecule has 1 N–H and O–H groups in total. The predicted octanol–water partition coefficient (Wildman–Crippen LogP) is 4.02. The summed E-state index contributed by atoms with van der Waals surface area (Å²) in [7, 11) is 1.55. The molecule has 0 radical (unpaired) electrons. The van der Waals surface area contributed by atoms with Crippen molar-refractivity contribution in [2.24, 2.45) is 0 Å². The van der Waals surface area contributed by atoms with Gasteiger partial charge in [-0.15, -0.1) is 0 Å². The van der Waals surface area contributed by atoms with Crippen molar-refractivity contribution in [1.29, 1.82) is 0 Å². The van der Waals surface area contributed by atoms with Crippen LogP contribution in [-0.2, 0) is 16.1 Å². The molecule has 1 saturated heterocycles. The fourth-order valence-electron chi connectivity index (χ4n) is 3.73. The van der Waals surface area contributed by atoms with Crippen LogP contribution in [0.5, 0.6) is 5.75 Å². The quantitative estimate of drug-likeness (QED) is 0.388. The molecule has 2 heterocycles. The van der Waals surface area contributed by atoms with E-state index in [9.17, 15) is 14.7 Å². The van der Waals surface area contributed by atoms with Crippen LogP contribution in [-0.4, -0.2) is 33.8 Å². The summed E-state index contributed by atoms with van der Waals surface area (Å²) in [6.07, 6.45) is 3.31. The van der Waals surface area contributed by atoms with Crippen LogP contribution in [0.2, 0.25) is 0 Å². The molecule has 1 amide bonds. The van der Waals surface area contributed by atoms with Gasteiger partial charge < -0.3 is 14.7 Å². The fourth-order valence-corrected chi connectivity index (χ4v) is 3.73. The average molecular weight is 414 g/mol. The number of carbonyl (C=O) groups excluding carboxylic acids is 2. The molecule has 0 bridgehead atoms. The Morgan fingerprint density at radius 3 is 2.39 bits per heavy atom. The zero-order valence-electron chi connectivity index (χ0n) is 17.3. The van der Waals surface area contributed by atoms with Crippen LogP contribution in [0.25, 0.3) is 5.76 Å². The van der Waals surface area contributed by atoms with Gasteiger partial charge in [-0.3, -0.25) is 14.6 Å². The minimum Gasteiger partial charge on any atom is -0.507 e. The number of aliphatic hydroxyl groups is 1. The number of ketones is 1. The van der Waals surface area contributed by atoms with Gasteiger partial charge in [-0.05, 0) is 48.4 Å². The normalized spacial score (nSPS) is 17.7. The molecule has 1 atom stereocenters. The molecule has 3 aromatic rings. The highest BCUT2D eigenvalue weighted by atomic mass is 16.5. The molecule has 0 aliphatic carbocycles. The number of carbonyl (C=O) groups is 2. The Kier molecular flexibility index (Phi) is 5.54. The van der Waals surface area contributed by atoms with E-state index in [1.54, 1.807) is 49.8 Å². The largest absolute Gasteiger partial charge is 0.507 e. The van der Waals surface area contributed by atoms with E-state index in [1.165, 1.54) is 4.90 Å². The SMILES string of the molecule is COc1ccc(C(O)=C2C(=O)C(=O)N(Cc3cccnc3)[C@H]2c2ccc(C)cc2)cc1. The summed E-state index contributed by atoms with van der Waals surface area (Å²) >= 11 is 0. The number of ether oxygens (including phenoxy) is 1.